The standard InChI is InChI=1S/C5H11NS3/c1-5(4-6-2)9(3,7)8/h4,7-8H,2H2,1,3H3/b5-4+. The minimum atomic E-state index is -1.15. The van der Waals surface area contributed by atoms with Crippen LogP contribution in [0.4, 0.5) is 0 Å². The Morgan fingerprint density at radius 1 is 1.67 bits per heavy atom. The van der Waals surface area contributed by atoms with Crippen LogP contribution in [-0.4, -0.2) is 13.0 Å². The predicted octanol–water partition coefficient (Wildman–Crippen LogP) is 2.67. The summed E-state index contributed by atoms with van der Waals surface area (Å²) < 4.78 is 0. The number of nitrogens with zero attached hydrogens (tertiary/aromatic N) is 1. The topological polar surface area (TPSA) is 12.4 Å². The van der Waals surface area contributed by atoms with E-state index in [0.717, 1.165) is 4.91 Å². The third-order valence-electron chi connectivity index (χ3n) is 0.883. The van der Waals surface area contributed by atoms with Gasteiger partial charge in [-0.25, -0.2) is 0 Å². The summed E-state index contributed by atoms with van der Waals surface area (Å²) >= 11 is 8.55. The largest absolute Gasteiger partial charge is 0.272 e. The molecule has 0 aromatic rings. The summed E-state index contributed by atoms with van der Waals surface area (Å²) in [6.07, 6.45) is 3.66. The van der Waals surface area contributed by atoms with Gasteiger partial charge in [-0.1, -0.05) is 0 Å². The minimum absolute atomic E-state index is 1.07. The fraction of sp³-hybridized carbons (Fsp3) is 0.400. The number of rotatable bonds is 2. The van der Waals surface area contributed by atoms with Gasteiger partial charge in [0.1, 0.15) is 0 Å². The molecule has 0 rings (SSSR count). The van der Waals surface area contributed by atoms with Crippen LogP contribution in [0.1, 0.15) is 6.92 Å². The van der Waals surface area contributed by atoms with Gasteiger partial charge in [-0.05, 0) is 19.9 Å². The normalized spacial score (nSPS) is 15.3. The van der Waals surface area contributed by atoms with Crippen molar-refractivity contribution in [2.24, 2.45) is 4.99 Å². The van der Waals surface area contributed by atoms with Crippen LogP contribution >= 0.6 is 31.4 Å². The van der Waals surface area contributed by atoms with E-state index >= 15 is 0 Å². The van der Waals surface area contributed by atoms with E-state index in [1.54, 1.807) is 6.20 Å². The molecule has 0 aromatic carbocycles. The van der Waals surface area contributed by atoms with Gasteiger partial charge in [-0.3, -0.25) is 4.99 Å². The summed E-state index contributed by atoms with van der Waals surface area (Å²) in [5.74, 6) is 0. The zero-order valence-corrected chi connectivity index (χ0v) is 8.14. The van der Waals surface area contributed by atoms with Crippen molar-refractivity contribution >= 4 is 38.1 Å². The number of thiol groups is 2. The smallest absolute Gasteiger partial charge is 0.0352 e. The molecule has 0 heterocycles. The molecule has 54 valence electrons. The van der Waals surface area contributed by atoms with E-state index in [1.165, 1.54) is 0 Å². The van der Waals surface area contributed by atoms with Gasteiger partial charge < -0.3 is 0 Å². The van der Waals surface area contributed by atoms with E-state index in [2.05, 4.69) is 35.0 Å². The summed E-state index contributed by atoms with van der Waals surface area (Å²) in [5.41, 5.74) is 0. The summed E-state index contributed by atoms with van der Waals surface area (Å²) in [5, 5.41) is 0. The Morgan fingerprint density at radius 2 is 2.11 bits per heavy atom. The van der Waals surface area contributed by atoms with Crippen LogP contribution in [0.2, 0.25) is 0 Å². The Kier molecular flexibility index (Phi) is 3.77. The molecule has 4 heteroatoms. The lowest BCUT2D eigenvalue weighted by Gasteiger charge is -2.22. The molecule has 0 fully saturated rings. The molecule has 0 radical (unpaired) electrons. The van der Waals surface area contributed by atoms with E-state index in [4.69, 9.17) is 0 Å². The highest BCUT2D eigenvalue weighted by atomic mass is 33.5. The van der Waals surface area contributed by atoms with Crippen molar-refractivity contribution in [3.8, 4) is 0 Å². The first-order valence-electron chi connectivity index (χ1n) is 2.34. The molecule has 0 atom stereocenters. The summed E-state index contributed by atoms with van der Waals surface area (Å²) in [4.78, 5) is 4.69. The third kappa shape index (κ3) is 3.95. The second-order valence-electron chi connectivity index (χ2n) is 1.76. The maximum Gasteiger partial charge on any atom is 0.0352 e. The Hall–Kier alpha value is 0.460. The van der Waals surface area contributed by atoms with Crippen LogP contribution < -0.4 is 0 Å². The summed E-state index contributed by atoms with van der Waals surface area (Å²) in [7, 11) is -1.15. The maximum atomic E-state index is 4.28. The molecule has 0 spiro atoms. The van der Waals surface area contributed by atoms with Crippen molar-refractivity contribution in [1.82, 2.24) is 0 Å². The number of hydrogen-bond acceptors (Lipinski definition) is 3. The van der Waals surface area contributed by atoms with Gasteiger partial charge in [0.25, 0.3) is 0 Å². The second-order valence-corrected chi connectivity index (χ2v) is 9.31. The minimum Gasteiger partial charge on any atom is -0.272 e. The molecule has 0 saturated carbocycles. The highest BCUT2D eigenvalue weighted by Crippen LogP contribution is 2.60. The molecular weight excluding hydrogens is 170 g/mol. The van der Waals surface area contributed by atoms with Crippen LogP contribution in [0.15, 0.2) is 16.1 Å². The molecule has 0 aliphatic rings. The van der Waals surface area contributed by atoms with Gasteiger partial charge in [-0.15, -0.1) is 31.4 Å². The fourth-order valence-electron chi connectivity index (χ4n) is 0.228. The number of aliphatic imine (C=N–C) groups is 1. The molecule has 0 aliphatic heterocycles. The van der Waals surface area contributed by atoms with Gasteiger partial charge >= 0.3 is 0 Å². The van der Waals surface area contributed by atoms with Crippen LogP contribution in [0.3, 0.4) is 0 Å². The Labute approximate surface area is 67.6 Å². The molecule has 0 aromatic heterocycles. The van der Waals surface area contributed by atoms with E-state index in [0.29, 0.717) is 0 Å². The predicted molar refractivity (Wildman–Crippen MR) is 54.8 cm³/mol. The van der Waals surface area contributed by atoms with Gasteiger partial charge in [-0.2, -0.15) is 0 Å². The van der Waals surface area contributed by atoms with Gasteiger partial charge in [0.2, 0.25) is 0 Å². The zero-order valence-electron chi connectivity index (χ0n) is 5.53. The third-order valence-corrected chi connectivity index (χ3v) is 3.94. The van der Waals surface area contributed by atoms with Crippen LogP contribution in [0, 0.1) is 0 Å². The van der Waals surface area contributed by atoms with Crippen LogP contribution in [0.25, 0.3) is 0 Å². The van der Waals surface area contributed by atoms with Crippen LogP contribution in [-0.2, 0) is 0 Å². The highest BCUT2D eigenvalue weighted by Gasteiger charge is 2.07. The fourth-order valence-corrected chi connectivity index (χ4v) is 0.785. The van der Waals surface area contributed by atoms with Crippen LogP contribution in [0.5, 0.6) is 0 Å². The monoisotopic (exact) mass is 181 g/mol. The van der Waals surface area contributed by atoms with E-state index in [-0.39, 0.29) is 0 Å². The van der Waals surface area contributed by atoms with Crippen molar-refractivity contribution in [3.05, 3.63) is 11.1 Å². The summed E-state index contributed by atoms with van der Waals surface area (Å²) in [6.45, 7) is 5.28. The Bertz CT molecular complexity index is 134. The first-order chi connectivity index (χ1) is 3.98. The molecule has 0 unspecified atom stereocenters. The molecule has 9 heavy (non-hydrogen) atoms. The Morgan fingerprint density at radius 3 is 2.22 bits per heavy atom. The van der Waals surface area contributed by atoms with Gasteiger partial charge in [0.15, 0.2) is 0 Å². The quantitative estimate of drug-likeness (QED) is 0.369. The molecule has 0 bridgehead atoms. The maximum absolute atomic E-state index is 4.28. The average molecular weight is 181 g/mol. The van der Waals surface area contributed by atoms with Crippen molar-refractivity contribution in [3.63, 3.8) is 0 Å². The van der Waals surface area contributed by atoms with E-state index in [9.17, 15) is 0 Å². The molecule has 0 aliphatic carbocycles. The Balaban J connectivity index is 4.19. The van der Waals surface area contributed by atoms with E-state index < -0.39 is 8.09 Å². The van der Waals surface area contributed by atoms with Crippen molar-refractivity contribution < 1.29 is 0 Å². The van der Waals surface area contributed by atoms with Crippen molar-refractivity contribution in [1.29, 1.82) is 0 Å². The number of allylic oxidation sites excluding steroid dienone is 1. The highest BCUT2D eigenvalue weighted by molar-refractivity contribution is 9.19. The lowest BCUT2D eigenvalue weighted by Crippen LogP contribution is -1.78. The van der Waals surface area contributed by atoms with Gasteiger partial charge in [0, 0.05) is 11.1 Å². The SMILES string of the molecule is C=N/C=C(\C)S(C)(S)S. The molecule has 0 N–H and O–H groups in total. The second kappa shape index (κ2) is 3.58. The molecule has 0 saturated heterocycles. The first-order valence-corrected chi connectivity index (χ1v) is 6.49. The zero-order chi connectivity index (χ0) is 7.49. The average Bonchev–Trinajstić information content (AvgIpc) is 1.64. The lowest BCUT2D eigenvalue weighted by atomic mass is 10.7. The van der Waals surface area contributed by atoms with Crippen molar-refractivity contribution in [2.45, 2.75) is 6.92 Å². The van der Waals surface area contributed by atoms with Crippen molar-refractivity contribution in [2.75, 3.05) is 6.26 Å². The summed E-state index contributed by atoms with van der Waals surface area (Å²) in [6, 6.07) is 0. The van der Waals surface area contributed by atoms with E-state index in [1.807, 2.05) is 13.2 Å². The molecule has 1 nitrogen and oxygen atoms in total. The first kappa shape index (κ1) is 9.46. The number of hydrogen-bond donors (Lipinski definition) is 2. The molecular formula is C5H11NS3. The lowest BCUT2D eigenvalue weighted by molar-refractivity contribution is 1.53. The van der Waals surface area contributed by atoms with Gasteiger partial charge in [0.05, 0.1) is 0 Å². The molecule has 0 amide bonds.